The third kappa shape index (κ3) is 3.58. The van der Waals surface area contributed by atoms with Gasteiger partial charge in [0.1, 0.15) is 11.9 Å². The molecule has 0 saturated heterocycles. The number of aryl methyl sites for hydroxylation is 1. The van der Waals surface area contributed by atoms with Gasteiger partial charge in [0.25, 0.3) is 0 Å². The Balaban J connectivity index is 2.36. The molecule has 1 amide bonds. The molecule has 0 spiro atoms. The number of thioether (sulfide) groups is 1. The Hall–Kier alpha value is -1.50. The van der Waals surface area contributed by atoms with Gasteiger partial charge in [-0.25, -0.2) is 9.78 Å². The minimum absolute atomic E-state index is 0.320. The van der Waals surface area contributed by atoms with E-state index in [2.05, 4.69) is 10.3 Å². The molecular weight excluding hydrogens is 230 g/mol. The van der Waals surface area contributed by atoms with Crippen molar-refractivity contribution in [3.63, 3.8) is 0 Å². The zero-order valence-corrected chi connectivity index (χ0v) is 9.61. The average molecular weight is 243 g/mol. The van der Waals surface area contributed by atoms with Crippen LogP contribution in [0.5, 0.6) is 0 Å². The summed E-state index contributed by atoms with van der Waals surface area (Å²) >= 11 is 1.42. The monoisotopic (exact) mass is 243 g/mol. The van der Waals surface area contributed by atoms with Crippen LogP contribution in [0.25, 0.3) is 0 Å². The lowest BCUT2D eigenvalue weighted by molar-refractivity contribution is -0.139. The normalized spacial score (nSPS) is 12.1. The summed E-state index contributed by atoms with van der Waals surface area (Å²) in [6, 6.07) is -0.845. The molecule has 0 fully saturated rings. The first kappa shape index (κ1) is 12.6. The van der Waals surface area contributed by atoms with Gasteiger partial charge in [-0.2, -0.15) is 11.8 Å². The molecule has 1 heterocycles. The van der Waals surface area contributed by atoms with E-state index in [4.69, 9.17) is 5.11 Å². The minimum atomic E-state index is -1.03. The summed E-state index contributed by atoms with van der Waals surface area (Å²) in [5.41, 5.74) is 0. The van der Waals surface area contributed by atoms with E-state index >= 15 is 0 Å². The van der Waals surface area contributed by atoms with Crippen molar-refractivity contribution in [2.45, 2.75) is 11.8 Å². The van der Waals surface area contributed by atoms with Gasteiger partial charge in [-0.1, -0.05) is 0 Å². The number of aromatic nitrogens is 2. The number of rotatable bonds is 7. The molecule has 0 aliphatic carbocycles. The van der Waals surface area contributed by atoms with Crippen LogP contribution in [0, 0.1) is 0 Å². The van der Waals surface area contributed by atoms with Crippen molar-refractivity contribution >= 4 is 24.1 Å². The van der Waals surface area contributed by atoms with E-state index in [9.17, 15) is 9.59 Å². The van der Waals surface area contributed by atoms with E-state index < -0.39 is 12.0 Å². The summed E-state index contributed by atoms with van der Waals surface area (Å²) < 4.78 is 1.87. The number of carboxylic acid groups (broad SMARTS) is 1. The largest absolute Gasteiger partial charge is 0.480 e. The number of hydrogen-bond acceptors (Lipinski definition) is 4. The predicted molar refractivity (Wildman–Crippen MR) is 60.0 cm³/mol. The fourth-order valence-electron chi connectivity index (χ4n) is 1.08. The van der Waals surface area contributed by atoms with Gasteiger partial charge in [-0.3, -0.25) is 4.79 Å². The fourth-order valence-corrected chi connectivity index (χ4v) is 2.13. The van der Waals surface area contributed by atoms with E-state index in [0.717, 1.165) is 5.82 Å². The minimum Gasteiger partial charge on any atom is -0.480 e. The molecule has 0 saturated carbocycles. The summed E-state index contributed by atoms with van der Waals surface area (Å²) in [4.78, 5) is 25.0. The number of carboxylic acids is 1. The van der Waals surface area contributed by atoms with E-state index in [-0.39, 0.29) is 0 Å². The maximum atomic E-state index is 10.7. The van der Waals surface area contributed by atoms with Crippen LogP contribution in [0.15, 0.2) is 12.4 Å². The number of amides is 1. The molecular formula is C9H13N3O3S. The van der Waals surface area contributed by atoms with Gasteiger partial charge in [-0.05, 0) is 0 Å². The number of aliphatic carboxylic acids is 1. The van der Waals surface area contributed by atoms with Crippen molar-refractivity contribution < 1.29 is 14.7 Å². The molecule has 1 unspecified atom stereocenters. The third-order valence-corrected chi connectivity index (χ3v) is 3.04. The number of carbonyl (C=O) groups excluding carboxylic acids is 1. The van der Waals surface area contributed by atoms with Crippen molar-refractivity contribution in [3.05, 3.63) is 18.2 Å². The SMILES string of the molecule is Cn1ccnc1CSCC(NC=O)C(=O)O. The first-order chi connectivity index (χ1) is 7.65. The van der Waals surface area contributed by atoms with Crippen molar-refractivity contribution in [3.8, 4) is 0 Å². The third-order valence-electron chi connectivity index (χ3n) is 2.00. The Kier molecular flexibility index (Phi) is 4.84. The number of nitrogens with one attached hydrogen (secondary N) is 1. The Morgan fingerprint density at radius 1 is 1.81 bits per heavy atom. The van der Waals surface area contributed by atoms with Gasteiger partial charge >= 0.3 is 5.97 Å². The lowest BCUT2D eigenvalue weighted by atomic mass is 10.3. The smallest absolute Gasteiger partial charge is 0.327 e. The first-order valence-electron chi connectivity index (χ1n) is 4.61. The van der Waals surface area contributed by atoms with Crippen LogP contribution in [-0.4, -0.2) is 38.8 Å². The lowest BCUT2D eigenvalue weighted by Gasteiger charge is -2.10. The predicted octanol–water partition coefficient (Wildman–Crippen LogP) is -0.148. The first-order valence-corrected chi connectivity index (χ1v) is 5.77. The number of carbonyl (C=O) groups is 2. The average Bonchev–Trinajstić information content (AvgIpc) is 2.63. The summed E-state index contributed by atoms with van der Waals surface area (Å²) in [6.45, 7) is 0. The summed E-state index contributed by atoms with van der Waals surface area (Å²) in [6.07, 6.45) is 3.92. The van der Waals surface area contributed by atoms with Gasteiger partial charge in [0, 0.05) is 25.2 Å². The molecule has 6 nitrogen and oxygen atoms in total. The molecule has 0 aliphatic heterocycles. The second-order valence-electron chi connectivity index (χ2n) is 3.14. The van der Waals surface area contributed by atoms with Gasteiger partial charge in [0.05, 0.1) is 5.75 Å². The maximum Gasteiger partial charge on any atom is 0.327 e. The van der Waals surface area contributed by atoms with Gasteiger partial charge in [-0.15, -0.1) is 0 Å². The summed E-state index contributed by atoms with van der Waals surface area (Å²) in [7, 11) is 1.88. The molecule has 1 aromatic rings. The maximum absolute atomic E-state index is 10.7. The molecule has 0 bridgehead atoms. The zero-order valence-electron chi connectivity index (χ0n) is 8.79. The lowest BCUT2D eigenvalue weighted by Crippen LogP contribution is -2.37. The number of imidazole rings is 1. The highest BCUT2D eigenvalue weighted by Crippen LogP contribution is 2.11. The number of nitrogens with zero attached hydrogens (tertiary/aromatic N) is 2. The van der Waals surface area contributed by atoms with Gasteiger partial charge < -0.3 is 15.0 Å². The quantitative estimate of drug-likeness (QED) is 0.651. The van der Waals surface area contributed by atoms with Crippen LogP contribution in [0.3, 0.4) is 0 Å². The second-order valence-corrected chi connectivity index (χ2v) is 4.18. The summed E-state index contributed by atoms with van der Waals surface area (Å²) in [5.74, 6) is 0.786. The molecule has 1 rings (SSSR count). The summed E-state index contributed by atoms with van der Waals surface area (Å²) in [5, 5.41) is 11.0. The molecule has 0 aromatic carbocycles. The molecule has 0 radical (unpaired) electrons. The van der Waals surface area contributed by atoms with Crippen LogP contribution in [0.4, 0.5) is 0 Å². The van der Waals surface area contributed by atoms with Crippen molar-refractivity contribution in [2.75, 3.05) is 5.75 Å². The molecule has 16 heavy (non-hydrogen) atoms. The van der Waals surface area contributed by atoms with Crippen LogP contribution >= 0.6 is 11.8 Å². The molecule has 1 atom stereocenters. The molecule has 88 valence electrons. The van der Waals surface area contributed by atoms with E-state index in [1.165, 1.54) is 11.8 Å². The molecule has 7 heteroatoms. The van der Waals surface area contributed by atoms with Crippen LogP contribution in [-0.2, 0) is 22.4 Å². The molecule has 1 aromatic heterocycles. The Bertz CT molecular complexity index is 367. The van der Waals surface area contributed by atoms with Crippen molar-refractivity contribution in [1.82, 2.24) is 14.9 Å². The van der Waals surface area contributed by atoms with E-state index in [0.29, 0.717) is 17.9 Å². The highest BCUT2D eigenvalue weighted by Gasteiger charge is 2.16. The number of hydrogen-bond donors (Lipinski definition) is 2. The topological polar surface area (TPSA) is 84.2 Å². The zero-order chi connectivity index (χ0) is 12.0. The highest BCUT2D eigenvalue weighted by molar-refractivity contribution is 7.98. The molecule has 0 aliphatic rings. The Morgan fingerprint density at radius 3 is 3.06 bits per heavy atom. The fraction of sp³-hybridized carbons (Fsp3) is 0.444. The second kappa shape index (κ2) is 6.16. The Morgan fingerprint density at radius 2 is 2.56 bits per heavy atom. The van der Waals surface area contributed by atoms with Crippen LogP contribution in [0.1, 0.15) is 5.82 Å². The van der Waals surface area contributed by atoms with Crippen LogP contribution < -0.4 is 5.32 Å². The van der Waals surface area contributed by atoms with Crippen molar-refractivity contribution in [2.24, 2.45) is 7.05 Å². The van der Waals surface area contributed by atoms with E-state index in [1.54, 1.807) is 6.20 Å². The molecule has 2 N–H and O–H groups in total. The van der Waals surface area contributed by atoms with Gasteiger partial charge in [0.2, 0.25) is 6.41 Å². The standard InChI is InChI=1S/C9H13N3O3S/c1-12-3-2-10-8(12)5-16-4-7(9(14)15)11-6-13/h2-3,6-7H,4-5H2,1H3,(H,11,13)(H,14,15). The van der Waals surface area contributed by atoms with Crippen LogP contribution in [0.2, 0.25) is 0 Å². The highest BCUT2D eigenvalue weighted by atomic mass is 32.2. The van der Waals surface area contributed by atoms with Gasteiger partial charge in [0.15, 0.2) is 0 Å². The Labute approximate surface area is 97.1 Å². The van der Waals surface area contributed by atoms with Crippen molar-refractivity contribution in [1.29, 1.82) is 0 Å². The van der Waals surface area contributed by atoms with E-state index in [1.807, 2.05) is 17.8 Å².